The van der Waals surface area contributed by atoms with Gasteiger partial charge < -0.3 is 15.8 Å². The minimum absolute atomic E-state index is 0.288. The predicted molar refractivity (Wildman–Crippen MR) is 84.4 cm³/mol. The number of nitrogens with one attached hydrogen (secondary N) is 1. The second kappa shape index (κ2) is 5.62. The van der Waals surface area contributed by atoms with Gasteiger partial charge in [-0.1, -0.05) is 12.1 Å². The van der Waals surface area contributed by atoms with Gasteiger partial charge in [0, 0.05) is 19.0 Å². The van der Waals surface area contributed by atoms with E-state index in [1.165, 1.54) is 36.8 Å². The van der Waals surface area contributed by atoms with Gasteiger partial charge in [-0.25, -0.2) is 0 Å². The van der Waals surface area contributed by atoms with Gasteiger partial charge in [-0.2, -0.15) is 0 Å². The summed E-state index contributed by atoms with van der Waals surface area (Å²) >= 11 is 0. The molecule has 2 fully saturated rings. The Balaban J connectivity index is 1.41. The van der Waals surface area contributed by atoms with Crippen molar-refractivity contribution in [2.75, 3.05) is 19.7 Å². The summed E-state index contributed by atoms with van der Waals surface area (Å²) in [6, 6.07) is 6.87. The third-order valence-electron chi connectivity index (χ3n) is 5.41. The van der Waals surface area contributed by atoms with Crippen LogP contribution in [0.3, 0.4) is 0 Å². The summed E-state index contributed by atoms with van der Waals surface area (Å²) in [5.41, 5.74) is 8.69. The third kappa shape index (κ3) is 2.95. The first-order valence-corrected chi connectivity index (χ1v) is 8.54. The van der Waals surface area contributed by atoms with Gasteiger partial charge in [0.1, 0.15) is 5.75 Å². The van der Waals surface area contributed by atoms with Gasteiger partial charge >= 0.3 is 0 Å². The van der Waals surface area contributed by atoms with E-state index in [0.29, 0.717) is 6.54 Å². The molecule has 0 saturated heterocycles. The van der Waals surface area contributed by atoms with E-state index in [0.717, 1.165) is 43.1 Å². The maximum Gasteiger partial charge on any atom is 0.122 e. The van der Waals surface area contributed by atoms with Crippen LogP contribution in [0.5, 0.6) is 5.75 Å². The summed E-state index contributed by atoms with van der Waals surface area (Å²) < 4.78 is 5.59. The van der Waals surface area contributed by atoms with Crippen LogP contribution in [0.4, 0.5) is 0 Å². The summed E-state index contributed by atoms with van der Waals surface area (Å²) in [6.45, 7) is 2.64. The molecule has 4 rings (SSSR count). The average molecular weight is 286 g/mol. The smallest absolute Gasteiger partial charge is 0.122 e. The maximum atomic E-state index is 6.03. The molecule has 0 radical (unpaired) electrons. The molecule has 21 heavy (non-hydrogen) atoms. The highest BCUT2D eigenvalue weighted by atomic mass is 16.5. The molecule has 3 N–H and O–H groups in total. The van der Waals surface area contributed by atoms with Crippen LogP contribution in [0.2, 0.25) is 0 Å². The molecule has 2 aliphatic carbocycles. The molecule has 0 amide bonds. The van der Waals surface area contributed by atoms with Crippen LogP contribution < -0.4 is 15.8 Å². The molecule has 1 aliphatic heterocycles. The minimum Gasteiger partial charge on any atom is -0.493 e. The van der Waals surface area contributed by atoms with Gasteiger partial charge in [-0.3, -0.25) is 0 Å². The third-order valence-corrected chi connectivity index (χ3v) is 5.41. The van der Waals surface area contributed by atoms with Gasteiger partial charge in [0.25, 0.3) is 0 Å². The van der Waals surface area contributed by atoms with Crippen molar-refractivity contribution in [1.82, 2.24) is 5.32 Å². The van der Waals surface area contributed by atoms with E-state index in [9.17, 15) is 0 Å². The van der Waals surface area contributed by atoms with E-state index >= 15 is 0 Å². The number of hydrogen-bond acceptors (Lipinski definition) is 3. The van der Waals surface area contributed by atoms with Crippen molar-refractivity contribution >= 4 is 0 Å². The van der Waals surface area contributed by atoms with Gasteiger partial charge in [-0.15, -0.1) is 0 Å². The normalized spacial score (nSPS) is 22.2. The van der Waals surface area contributed by atoms with Crippen LogP contribution in [-0.2, 0) is 6.42 Å². The highest BCUT2D eigenvalue weighted by Crippen LogP contribution is 2.49. The Bertz CT molecular complexity index is 496. The zero-order valence-corrected chi connectivity index (χ0v) is 12.7. The molecule has 3 aliphatic rings. The Hall–Kier alpha value is -1.06. The molecule has 114 valence electrons. The number of nitrogens with two attached hydrogens (primary N) is 1. The SMILES string of the molecule is NCC(NCC(C1CC1)C1CC1)c1ccc2c(c1)CCO2. The van der Waals surface area contributed by atoms with Crippen molar-refractivity contribution in [3.05, 3.63) is 29.3 Å². The summed E-state index contributed by atoms with van der Waals surface area (Å²) in [5.74, 6) is 3.95. The molecule has 2 saturated carbocycles. The zero-order chi connectivity index (χ0) is 14.2. The van der Waals surface area contributed by atoms with E-state index in [1.807, 2.05) is 0 Å². The van der Waals surface area contributed by atoms with Gasteiger partial charge in [-0.05, 0) is 67.2 Å². The van der Waals surface area contributed by atoms with Crippen LogP contribution in [0.25, 0.3) is 0 Å². The first-order valence-electron chi connectivity index (χ1n) is 8.54. The van der Waals surface area contributed by atoms with Crippen LogP contribution in [0, 0.1) is 17.8 Å². The molecule has 1 aromatic rings. The van der Waals surface area contributed by atoms with Gasteiger partial charge in [0.05, 0.1) is 6.61 Å². The second-order valence-electron chi connectivity index (χ2n) is 7.00. The molecule has 0 bridgehead atoms. The van der Waals surface area contributed by atoms with Crippen molar-refractivity contribution < 1.29 is 4.74 Å². The van der Waals surface area contributed by atoms with Crippen LogP contribution in [0.15, 0.2) is 18.2 Å². The fraction of sp³-hybridized carbons (Fsp3) is 0.667. The standard InChI is InChI=1S/C18H26N2O/c19-10-17(14-5-6-18-15(9-14)7-8-21-18)20-11-16(12-1-2-12)13-3-4-13/h5-6,9,12-13,16-17,20H,1-4,7-8,10-11,19H2. The minimum atomic E-state index is 0.288. The van der Waals surface area contributed by atoms with Crippen molar-refractivity contribution in [3.63, 3.8) is 0 Å². The lowest BCUT2D eigenvalue weighted by Crippen LogP contribution is -2.33. The Kier molecular flexibility index (Phi) is 3.64. The molecule has 1 aromatic carbocycles. The molecule has 0 spiro atoms. The highest BCUT2D eigenvalue weighted by Gasteiger charge is 2.41. The Morgan fingerprint density at radius 1 is 1.19 bits per heavy atom. The molecule has 1 atom stereocenters. The van der Waals surface area contributed by atoms with E-state index in [2.05, 4.69) is 23.5 Å². The van der Waals surface area contributed by atoms with Crippen LogP contribution >= 0.6 is 0 Å². The molecule has 3 heteroatoms. The number of ether oxygens (including phenoxy) is 1. The summed E-state index contributed by atoms with van der Waals surface area (Å²) in [5, 5.41) is 3.75. The Morgan fingerprint density at radius 2 is 1.95 bits per heavy atom. The predicted octanol–water partition coefficient (Wildman–Crippen LogP) is 2.65. The number of fused-ring (bicyclic) bond motifs is 1. The number of benzene rings is 1. The first-order chi connectivity index (χ1) is 10.3. The van der Waals surface area contributed by atoms with Crippen LogP contribution in [0.1, 0.15) is 42.9 Å². The lowest BCUT2D eigenvalue weighted by molar-refractivity contribution is 0.355. The fourth-order valence-electron chi connectivity index (χ4n) is 3.81. The van der Waals surface area contributed by atoms with Gasteiger partial charge in [0.15, 0.2) is 0 Å². The molecule has 1 unspecified atom stereocenters. The summed E-state index contributed by atoms with van der Waals surface area (Å²) in [6.07, 6.45) is 6.84. The van der Waals surface area contributed by atoms with Gasteiger partial charge in [0.2, 0.25) is 0 Å². The first kappa shape index (κ1) is 13.6. The van der Waals surface area contributed by atoms with E-state index in [1.54, 1.807) is 0 Å². The van der Waals surface area contributed by atoms with Crippen molar-refractivity contribution in [2.45, 2.75) is 38.1 Å². The van der Waals surface area contributed by atoms with E-state index in [4.69, 9.17) is 10.5 Å². The lowest BCUT2D eigenvalue weighted by atomic mass is 9.96. The lowest BCUT2D eigenvalue weighted by Gasteiger charge is -2.23. The largest absolute Gasteiger partial charge is 0.493 e. The van der Waals surface area contributed by atoms with Crippen molar-refractivity contribution in [3.8, 4) is 5.75 Å². The van der Waals surface area contributed by atoms with E-state index in [-0.39, 0.29) is 6.04 Å². The molecule has 3 nitrogen and oxygen atoms in total. The zero-order valence-electron chi connectivity index (χ0n) is 12.7. The quantitative estimate of drug-likeness (QED) is 0.810. The monoisotopic (exact) mass is 286 g/mol. The highest BCUT2D eigenvalue weighted by molar-refractivity contribution is 5.40. The Morgan fingerprint density at radius 3 is 2.62 bits per heavy atom. The molecule has 0 aromatic heterocycles. The summed E-state index contributed by atoms with van der Waals surface area (Å²) in [7, 11) is 0. The Labute approximate surface area is 127 Å². The fourth-order valence-corrected chi connectivity index (χ4v) is 3.81. The average Bonchev–Trinajstić information content (AvgIpc) is 3.42. The molecule has 1 heterocycles. The van der Waals surface area contributed by atoms with Crippen LogP contribution in [-0.4, -0.2) is 19.7 Å². The van der Waals surface area contributed by atoms with Crippen molar-refractivity contribution in [2.24, 2.45) is 23.5 Å². The van der Waals surface area contributed by atoms with E-state index < -0.39 is 0 Å². The summed E-state index contributed by atoms with van der Waals surface area (Å²) in [4.78, 5) is 0. The second-order valence-corrected chi connectivity index (χ2v) is 7.00. The molecular weight excluding hydrogens is 260 g/mol. The molecular formula is C18H26N2O. The van der Waals surface area contributed by atoms with Crippen molar-refractivity contribution in [1.29, 1.82) is 0 Å². The number of rotatable bonds is 7. The topological polar surface area (TPSA) is 47.3 Å². The number of hydrogen-bond donors (Lipinski definition) is 2. The maximum absolute atomic E-state index is 6.03.